The summed E-state index contributed by atoms with van der Waals surface area (Å²) < 4.78 is 0. The van der Waals surface area contributed by atoms with Gasteiger partial charge in [0, 0.05) is 6.54 Å². The maximum Gasteiger partial charge on any atom is 0.134 e. The molecule has 1 saturated heterocycles. The summed E-state index contributed by atoms with van der Waals surface area (Å²) in [4.78, 5) is 12.0. The van der Waals surface area contributed by atoms with Gasteiger partial charge in [-0.25, -0.2) is 0 Å². The molecular weight excluding hydrogens is 116 g/mol. The number of carbonyl (C=O) groups is 1. The fourth-order valence-electron chi connectivity index (χ4n) is 1.17. The highest BCUT2D eigenvalue weighted by Crippen LogP contribution is 2.10. The Bertz CT molecular complexity index is 105. The molecule has 3 nitrogen and oxygen atoms in total. The van der Waals surface area contributed by atoms with Crippen LogP contribution in [0.4, 0.5) is 0 Å². The van der Waals surface area contributed by atoms with Crippen LogP contribution in [0.25, 0.3) is 0 Å². The summed E-state index contributed by atoms with van der Waals surface area (Å²) in [5, 5.41) is 0. The Kier molecular flexibility index (Phi) is 2.19. The molecule has 0 spiro atoms. The first-order chi connectivity index (χ1) is 4.34. The number of hydrogen-bond donors (Lipinski definition) is 1. The smallest absolute Gasteiger partial charge is 0.134 e. The predicted octanol–water partition coefficient (Wildman–Crippen LogP) is -0.434. The molecule has 1 rings (SSSR count). The second-order valence-corrected chi connectivity index (χ2v) is 2.37. The van der Waals surface area contributed by atoms with E-state index in [0.717, 1.165) is 25.7 Å². The van der Waals surface area contributed by atoms with Crippen molar-refractivity contribution in [2.45, 2.75) is 19.0 Å². The van der Waals surface area contributed by atoms with E-state index in [1.807, 2.05) is 4.90 Å². The van der Waals surface area contributed by atoms with Crippen LogP contribution in [0, 0.1) is 0 Å². The maximum atomic E-state index is 10.0. The van der Waals surface area contributed by atoms with Gasteiger partial charge in [-0.15, -0.1) is 0 Å². The standard InChI is InChI=1S/C6H12N2O/c7-6-2-1-3-8(6)4-5-9/h5-6H,1-4,7H2. The zero-order chi connectivity index (χ0) is 6.69. The van der Waals surface area contributed by atoms with E-state index in [1.165, 1.54) is 0 Å². The fraction of sp³-hybridized carbons (Fsp3) is 0.833. The molecule has 2 N–H and O–H groups in total. The minimum Gasteiger partial charge on any atom is -0.316 e. The lowest BCUT2D eigenvalue weighted by Crippen LogP contribution is -2.37. The maximum absolute atomic E-state index is 10.0. The normalized spacial score (nSPS) is 28.8. The van der Waals surface area contributed by atoms with Crippen molar-refractivity contribution in [2.24, 2.45) is 5.73 Å². The summed E-state index contributed by atoms with van der Waals surface area (Å²) in [5.74, 6) is 0. The average molecular weight is 128 g/mol. The molecule has 1 fully saturated rings. The lowest BCUT2D eigenvalue weighted by Gasteiger charge is -2.16. The molecule has 1 aliphatic rings. The number of likely N-dealkylation sites (tertiary alicyclic amines) is 1. The molecule has 0 radical (unpaired) electrons. The Morgan fingerprint density at radius 2 is 2.56 bits per heavy atom. The molecule has 0 aromatic carbocycles. The molecule has 0 aromatic heterocycles. The largest absolute Gasteiger partial charge is 0.316 e. The van der Waals surface area contributed by atoms with Crippen LogP contribution < -0.4 is 5.73 Å². The van der Waals surface area contributed by atoms with Gasteiger partial charge in [0.25, 0.3) is 0 Å². The van der Waals surface area contributed by atoms with Gasteiger partial charge in [0.05, 0.1) is 12.7 Å². The van der Waals surface area contributed by atoms with Gasteiger partial charge in [0.15, 0.2) is 0 Å². The lowest BCUT2D eigenvalue weighted by molar-refractivity contribution is -0.109. The first-order valence-corrected chi connectivity index (χ1v) is 3.28. The molecule has 0 amide bonds. The number of nitrogens with zero attached hydrogens (tertiary/aromatic N) is 1. The Morgan fingerprint density at radius 1 is 1.78 bits per heavy atom. The third-order valence-corrected chi connectivity index (χ3v) is 1.72. The Balaban J connectivity index is 2.30. The third kappa shape index (κ3) is 1.50. The Hall–Kier alpha value is -0.410. The van der Waals surface area contributed by atoms with Crippen molar-refractivity contribution < 1.29 is 4.79 Å². The highest BCUT2D eigenvalue weighted by atomic mass is 16.1. The summed E-state index contributed by atoms with van der Waals surface area (Å²) in [6.45, 7) is 1.49. The molecule has 1 aliphatic heterocycles. The van der Waals surface area contributed by atoms with E-state index in [0.29, 0.717) is 6.54 Å². The highest BCUT2D eigenvalue weighted by molar-refractivity contribution is 5.52. The molecular formula is C6H12N2O. The van der Waals surface area contributed by atoms with Crippen molar-refractivity contribution in [1.82, 2.24) is 4.90 Å². The first kappa shape index (κ1) is 6.71. The van der Waals surface area contributed by atoms with E-state index in [4.69, 9.17) is 5.73 Å². The molecule has 0 saturated carbocycles. The van der Waals surface area contributed by atoms with Crippen LogP contribution in [0.5, 0.6) is 0 Å². The number of rotatable bonds is 2. The van der Waals surface area contributed by atoms with Gasteiger partial charge in [-0.2, -0.15) is 0 Å². The quantitative estimate of drug-likeness (QED) is 0.513. The van der Waals surface area contributed by atoms with Crippen molar-refractivity contribution in [3.05, 3.63) is 0 Å². The third-order valence-electron chi connectivity index (χ3n) is 1.72. The van der Waals surface area contributed by atoms with Gasteiger partial charge < -0.3 is 10.5 Å². The molecule has 0 aromatic rings. The zero-order valence-corrected chi connectivity index (χ0v) is 5.42. The molecule has 52 valence electrons. The van der Waals surface area contributed by atoms with Gasteiger partial charge in [0.2, 0.25) is 0 Å². The minimum absolute atomic E-state index is 0.134. The van der Waals surface area contributed by atoms with E-state index in [2.05, 4.69) is 0 Å². The van der Waals surface area contributed by atoms with E-state index < -0.39 is 0 Å². The van der Waals surface area contributed by atoms with E-state index in [1.54, 1.807) is 0 Å². The minimum atomic E-state index is 0.134. The van der Waals surface area contributed by atoms with Crippen molar-refractivity contribution >= 4 is 6.29 Å². The summed E-state index contributed by atoms with van der Waals surface area (Å²) in [6.07, 6.45) is 3.21. The van der Waals surface area contributed by atoms with Gasteiger partial charge in [-0.3, -0.25) is 4.90 Å². The Morgan fingerprint density at radius 3 is 3.00 bits per heavy atom. The van der Waals surface area contributed by atoms with E-state index >= 15 is 0 Å². The van der Waals surface area contributed by atoms with Crippen molar-refractivity contribution in [2.75, 3.05) is 13.1 Å². The average Bonchev–Trinajstić information content (AvgIpc) is 2.18. The van der Waals surface area contributed by atoms with Crippen LogP contribution in [0.1, 0.15) is 12.8 Å². The molecule has 0 bridgehead atoms. The number of hydrogen-bond acceptors (Lipinski definition) is 3. The molecule has 0 aliphatic carbocycles. The predicted molar refractivity (Wildman–Crippen MR) is 34.8 cm³/mol. The summed E-state index contributed by atoms with van der Waals surface area (Å²) in [7, 11) is 0. The Labute approximate surface area is 54.8 Å². The van der Waals surface area contributed by atoms with Gasteiger partial charge >= 0.3 is 0 Å². The SMILES string of the molecule is NC1CCCN1CC=O. The van der Waals surface area contributed by atoms with Gasteiger partial charge in [0.1, 0.15) is 6.29 Å². The summed E-state index contributed by atoms with van der Waals surface area (Å²) in [5.41, 5.74) is 5.63. The molecule has 1 heterocycles. The topological polar surface area (TPSA) is 46.3 Å². The van der Waals surface area contributed by atoms with Gasteiger partial charge in [-0.1, -0.05) is 0 Å². The van der Waals surface area contributed by atoms with Crippen LogP contribution in [0.15, 0.2) is 0 Å². The first-order valence-electron chi connectivity index (χ1n) is 3.28. The lowest BCUT2D eigenvalue weighted by atomic mass is 10.3. The number of nitrogens with two attached hydrogens (primary N) is 1. The van der Waals surface area contributed by atoms with Crippen molar-refractivity contribution in [3.63, 3.8) is 0 Å². The van der Waals surface area contributed by atoms with Crippen LogP contribution in [0.3, 0.4) is 0 Å². The monoisotopic (exact) mass is 128 g/mol. The molecule has 1 unspecified atom stereocenters. The molecule has 1 atom stereocenters. The second kappa shape index (κ2) is 2.94. The van der Waals surface area contributed by atoms with Crippen LogP contribution in [-0.4, -0.2) is 30.4 Å². The number of aldehydes is 1. The van der Waals surface area contributed by atoms with Crippen molar-refractivity contribution in [3.8, 4) is 0 Å². The van der Waals surface area contributed by atoms with E-state index in [9.17, 15) is 4.79 Å². The summed E-state index contributed by atoms with van der Waals surface area (Å²) in [6, 6.07) is 0. The summed E-state index contributed by atoms with van der Waals surface area (Å²) >= 11 is 0. The van der Waals surface area contributed by atoms with E-state index in [-0.39, 0.29) is 6.17 Å². The highest BCUT2D eigenvalue weighted by Gasteiger charge is 2.18. The van der Waals surface area contributed by atoms with Crippen LogP contribution in [0.2, 0.25) is 0 Å². The van der Waals surface area contributed by atoms with Crippen LogP contribution >= 0.6 is 0 Å². The molecule has 9 heavy (non-hydrogen) atoms. The van der Waals surface area contributed by atoms with Crippen LogP contribution in [-0.2, 0) is 4.79 Å². The number of carbonyl (C=O) groups excluding carboxylic acids is 1. The molecule has 3 heteroatoms. The fourth-order valence-corrected chi connectivity index (χ4v) is 1.17. The van der Waals surface area contributed by atoms with Crippen molar-refractivity contribution in [1.29, 1.82) is 0 Å². The second-order valence-electron chi connectivity index (χ2n) is 2.37. The van der Waals surface area contributed by atoms with Gasteiger partial charge in [-0.05, 0) is 12.8 Å². The zero-order valence-electron chi connectivity index (χ0n) is 5.42.